The van der Waals surface area contributed by atoms with E-state index in [1.807, 2.05) is 0 Å². The van der Waals surface area contributed by atoms with Crippen LogP contribution in [0.3, 0.4) is 0 Å². The lowest BCUT2D eigenvalue weighted by atomic mass is 10.2. The van der Waals surface area contributed by atoms with Crippen molar-refractivity contribution in [2.45, 2.75) is 20.4 Å². The summed E-state index contributed by atoms with van der Waals surface area (Å²) in [6.45, 7) is 6.49. The molecule has 0 spiro atoms. The Kier molecular flexibility index (Phi) is 4.63. The third-order valence-corrected chi connectivity index (χ3v) is 2.33. The lowest BCUT2D eigenvalue weighted by Gasteiger charge is -2.13. The fourth-order valence-corrected chi connectivity index (χ4v) is 1.42. The van der Waals surface area contributed by atoms with Crippen molar-refractivity contribution in [3.63, 3.8) is 0 Å². The van der Waals surface area contributed by atoms with Gasteiger partial charge < -0.3 is 10.2 Å². The van der Waals surface area contributed by atoms with Crippen LogP contribution in [-0.2, 0) is 6.54 Å². The van der Waals surface area contributed by atoms with Crippen molar-refractivity contribution >= 4 is 5.69 Å². The van der Waals surface area contributed by atoms with Crippen molar-refractivity contribution in [3.05, 3.63) is 29.8 Å². The summed E-state index contributed by atoms with van der Waals surface area (Å²) in [6, 6.07) is 8.68. The first-order valence-corrected chi connectivity index (χ1v) is 5.56. The second-order valence-corrected chi connectivity index (χ2v) is 4.59. The van der Waals surface area contributed by atoms with Gasteiger partial charge in [-0.25, -0.2) is 0 Å². The molecule has 1 aromatic rings. The van der Waals surface area contributed by atoms with Crippen molar-refractivity contribution < 1.29 is 0 Å². The zero-order valence-corrected chi connectivity index (χ0v) is 10.2. The van der Waals surface area contributed by atoms with Crippen LogP contribution in [0.25, 0.3) is 0 Å². The van der Waals surface area contributed by atoms with Gasteiger partial charge in [0.1, 0.15) is 0 Å². The number of anilines is 1. The van der Waals surface area contributed by atoms with E-state index in [0.717, 1.165) is 13.1 Å². The first-order valence-electron chi connectivity index (χ1n) is 5.56. The van der Waals surface area contributed by atoms with Crippen LogP contribution < -0.4 is 10.2 Å². The quantitative estimate of drug-likeness (QED) is 0.796. The predicted molar refractivity (Wildman–Crippen MR) is 67.3 cm³/mol. The normalized spacial score (nSPS) is 10.7. The second-order valence-electron chi connectivity index (χ2n) is 4.59. The Balaban J connectivity index is 2.43. The smallest absolute Gasteiger partial charge is 0.0361 e. The highest BCUT2D eigenvalue weighted by atomic mass is 15.1. The molecule has 0 radical (unpaired) electrons. The van der Waals surface area contributed by atoms with Crippen LogP contribution in [0.1, 0.15) is 19.4 Å². The minimum atomic E-state index is 0.714. The van der Waals surface area contributed by atoms with E-state index in [0.29, 0.717) is 5.92 Å². The summed E-state index contributed by atoms with van der Waals surface area (Å²) in [4.78, 5) is 2.12. The molecule has 0 aliphatic carbocycles. The highest BCUT2D eigenvalue weighted by Gasteiger charge is 1.97. The molecule has 0 aromatic heterocycles. The molecule has 0 atom stereocenters. The molecule has 0 aliphatic rings. The standard InChI is InChI=1S/C13H22N2/c1-11(2)9-14-10-12-5-7-13(8-6-12)15(3)4/h5-8,11,14H,9-10H2,1-4H3. The maximum atomic E-state index is 3.44. The molecule has 0 heterocycles. The molecular weight excluding hydrogens is 184 g/mol. The third-order valence-electron chi connectivity index (χ3n) is 2.33. The Morgan fingerprint density at radius 1 is 1.13 bits per heavy atom. The number of nitrogens with one attached hydrogen (secondary N) is 1. The lowest BCUT2D eigenvalue weighted by molar-refractivity contribution is 0.552. The third kappa shape index (κ3) is 4.34. The zero-order chi connectivity index (χ0) is 11.3. The Hall–Kier alpha value is -1.02. The van der Waals surface area contributed by atoms with E-state index in [9.17, 15) is 0 Å². The fraction of sp³-hybridized carbons (Fsp3) is 0.538. The van der Waals surface area contributed by atoms with E-state index in [1.54, 1.807) is 0 Å². The van der Waals surface area contributed by atoms with Crippen LogP contribution in [0.15, 0.2) is 24.3 Å². The summed E-state index contributed by atoms with van der Waals surface area (Å²) in [6.07, 6.45) is 0. The molecule has 2 nitrogen and oxygen atoms in total. The topological polar surface area (TPSA) is 15.3 Å². The van der Waals surface area contributed by atoms with Crippen molar-refractivity contribution in [1.82, 2.24) is 5.32 Å². The van der Waals surface area contributed by atoms with Crippen molar-refractivity contribution in [1.29, 1.82) is 0 Å². The molecule has 84 valence electrons. The molecule has 1 N–H and O–H groups in total. The second kappa shape index (κ2) is 5.76. The first kappa shape index (κ1) is 12.1. The summed E-state index contributed by atoms with van der Waals surface area (Å²) in [5, 5.41) is 3.44. The lowest BCUT2D eigenvalue weighted by Crippen LogP contribution is -2.19. The monoisotopic (exact) mass is 206 g/mol. The van der Waals surface area contributed by atoms with Gasteiger partial charge in [0.25, 0.3) is 0 Å². The number of hydrogen-bond donors (Lipinski definition) is 1. The summed E-state index contributed by atoms with van der Waals surface area (Å²) < 4.78 is 0. The van der Waals surface area contributed by atoms with Crippen LogP contribution in [0.4, 0.5) is 5.69 Å². The maximum absolute atomic E-state index is 3.44. The minimum Gasteiger partial charge on any atom is -0.378 e. The molecule has 0 amide bonds. The predicted octanol–water partition coefficient (Wildman–Crippen LogP) is 2.50. The van der Waals surface area contributed by atoms with Gasteiger partial charge in [-0.05, 0) is 30.2 Å². The van der Waals surface area contributed by atoms with E-state index in [-0.39, 0.29) is 0 Å². The van der Waals surface area contributed by atoms with Gasteiger partial charge in [-0.15, -0.1) is 0 Å². The van der Waals surface area contributed by atoms with E-state index in [4.69, 9.17) is 0 Å². The van der Waals surface area contributed by atoms with Crippen LogP contribution in [-0.4, -0.2) is 20.6 Å². The Bertz CT molecular complexity index is 275. The van der Waals surface area contributed by atoms with E-state index >= 15 is 0 Å². The summed E-state index contributed by atoms with van der Waals surface area (Å²) >= 11 is 0. The van der Waals surface area contributed by atoms with Gasteiger partial charge in [-0.1, -0.05) is 26.0 Å². The minimum absolute atomic E-state index is 0.714. The highest BCUT2D eigenvalue weighted by Crippen LogP contribution is 2.11. The number of nitrogens with zero attached hydrogens (tertiary/aromatic N) is 1. The highest BCUT2D eigenvalue weighted by molar-refractivity contribution is 5.45. The van der Waals surface area contributed by atoms with Gasteiger partial charge in [0.2, 0.25) is 0 Å². The Morgan fingerprint density at radius 3 is 2.20 bits per heavy atom. The summed E-state index contributed by atoms with van der Waals surface area (Å²) in [5.74, 6) is 0.714. The molecule has 0 unspecified atom stereocenters. The van der Waals surface area contributed by atoms with Gasteiger partial charge in [0, 0.05) is 26.3 Å². The average molecular weight is 206 g/mol. The van der Waals surface area contributed by atoms with Crippen molar-refractivity contribution in [3.8, 4) is 0 Å². The summed E-state index contributed by atoms with van der Waals surface area (Å²) in [7, 11) is 4.12. The van der Waals surface area contributed by atoms with Crippen LogP contribution in [0, 0.1) is 5.92 Å². The van der Waals surface area contributed by atoms with E-state index in [1.165, 1.54) is 11.3 Å². The molecule has 0 fully saturated rings. The molecule has 0 saturated carbocycles. The van der Waals surface area contributed by atoms with Crippen LogP contribution in [0.2, 0.25) is 0 Å². The molecule has 1 aromatic carbocycles. The molecule has 0 aliphatic heterocycles. The van der Waals surface area contributed by atoms with Gasteiger partial charge in [-0.2, -0.15) is 0 Å². The molecule has 2 heteroatoms. The average Bonchev–Trinajstić information content (AvgIpc) is 2.18. The zero-order valence-electron chi connectivity index (χ0n) is 10.2. The van der Waals surface area contributed by atoms with Crippen molar-refractivity contribution in [2.75, 3.05) is 25.5 Å². The van der Waals surface area contributed by atoms with Gasteiger partial charge in [-0.3, -0.25) is 0 Å². The van der Waals surface area contributed by atoms with E-state index < -0.39 is 0 Å². The molecule has 0 saturated heterocycles. The van der Waals surface area contributed by atoms with Gasteiger partial charge in [0.05, 0.1) is 0 Å². The fourth-order valence-electron chi connectivity index (χ4n) is 1.42. The van der Waals surface area contributed by atoms with Crippen LogP contribution in [0.5, 0.6) is 0 Å². The van der Waals surface area contributed by atoms with Gasteiger partial charge in [0.15, 0.2) is 0 Å². The molecule has 0 bridgehead atoms. The number of benzene rings is 1. The number of rotatable bonds is 5. The Morgan fingerprint density at radius 2 is 1.73 bits per heavy atom. The van der Waals surface area contributed by atoms with E-state index in [2.05, 4.69) is 62.4 Å². The van der Waals surface area contributed by atoms with Crippen LogP contribution >= 0.6 is 0 Å². The number of hydrogen-bond acceptors (Lipinski definition) is 2. The molecule has 1 rings (SSSR count). The van der Waals surface area contributed by atoms with Gasteiger partial charge >= 0.3 is 0 Å². The Labute approximate surface area is 93.3 Å². The van der Waals surface area contributed by atoms with Crippen molar-refractivity contribution in [2.24, 2.45) is 5.92 Å². The SMILES string of the molecule is CC(C)CNCc1ccc(N(C)C)cc1. The molecular formula is C13H22N2. The largest absolute Gasteiger partial charge is 0.378 e. The maximum Gasteiger partial charge on any atom is 0.0361 e. The molecule has 15 heavy (non-hydrogen) atoms. The summed E-state index contributed by atoms with van der Waals surface area (Å²) in [5.41, 5.74) is 2.60. The first-order chi connectivity index (χ1) is 7.09.